The third-order valence-electron chi connectivity index (χ3n) is 4.71. The first-order valence-electron chi connectivity index (χ1n) is 9.11. The molecule has 1 heterocycles. The molecule has 0 spiro atoms. The van der Waals surface area contributed by atoms with Gasteiger partial charge in [0.1, 0.15) is 11.2 Å². The highest BCUT2D eigenvalue weighted by atomic mass is 35.5. The van der Waals surface area contributed by atoms with Crippen LogP contribution in [0.3, 0.4) is 0 Å². The topological polar surface area (TPSA) is 40.6 Å². The lowest BCUT2D eigenvalue weighted by Crippen LogP contribution is -2.43. The van der Waals surface area contributed by atoms with Gasteiger partial charge in [-0.15, -0.1) is 11.8 Å². The molecule has 0 unspecified atom stereocenters. The molecule has 1 fully saturated rings. The summed E-state index contributed by atoms with van der Waals surface area (Å²) in [6.07, 6.45) is 0. The minimum absolute atomic E-state index is 0.0489. The van der Waals surface area contributed by atoms with E-state index in [-0.39, 0.29) is 29.0 Å². The molecule has 2 aromatic carbocycles. The van der Waals surface area contributed by atoms with Gasteiger partial charge in [-0.05, 0) is 32.0 Å². The van der Waals surface area contributed by atoms with Crippen LogP contribution in [-0.4, -0.2) is 46.5 Å². The molecular formula is C21H22ClFN2O2S. The van der Waals surface area contributed by atoms with Crippen LogP contribution in [-0.2, 0) is 4.79 Å². The van der Waals surface area contributed by atoms with Crippen molar-refractivity contribution >= 4 is 35.2 Å². The van der Waals surface area contributed by atoms with Crippen LogP contribution in [0.5, 0.6) is 0 Å². The van der Waals surface area contributed by atoms with Crippen molar-refractivity contribution in [2.45, 2.75) is 25.3 Å². The number of hydrogen-bond acceptors (Lipinski definition) is 3. The maximum absolute atomic E-state index is 14.2. The van der Waals surface area contributed by atoms with Crippen LogP contribution in [0, 0.1) is 5.82 Å². The normalized spacial score (nSPS) is 16.7. The number of carbonyl (C=O) groups is 2. The van der Waals surface area contributed by atoms with Gasteiger partial charge in [-0.3, -0.25) is 9.59 Å². The van der Waals surface area contributed by atoms with Gasteiger partial charge in [0.15, 0.2) is 0 Å². The zero-order chi connectivity index (χ0) is 20.3. The second-order valence-electron chi connectivity index (χ2n) is 6.84. The molecule has 148 valence electrons. The third-order valence-corrected chi connectivity index (χ3v) is 6.28. The van der Waals surface area contributed by atoms with E-state index in [2.05, 4.69) is 0 Å². The van der Waals surface area contributed by atoms with Crippen LogP contribution in [0.4, 0.5) is 4.39 Å². The monoisotopic (exact) mass is 420 g/mol. The molecule has 0 radical (unpaired) electrons. The van der Waals surface area contributed by atoms with E-state index in [0.717, 1.165) is 0 Å². The second kappa shape index (κ2) is 8.97. The highest BCUT2D eigenvalue weighted by molar-refractivity contribution is 8.00. The van der Waals surface area contributed by atoms with E-state index in [0.29, 0.717) is 35.0 Å². The Kier molecular flexibility index (Phi) is 6.62. The molecule has 2 amide bonds. The number of nitrogens with zero attached hydrogens (tertiary/aromatic N) is 2. The molecule has 4 nitrogen and oxygen atoms in total. The Bertz CT molecular complexity index is 875. The van der Waals surface area contributed by atoms with Crippen molar-refractivity contribution in [1.29, 1.82) is 0 Å². The first-order chi connectivity index (χ1) is 13.4. The van der Waals surface area contributed by atoms with Crippen LogP contribution in [0.25, 0.3) is 0 Å². The molecule has 1 saturated heterocycles. The molecule has 0 saturated carbocycles. The zero-order valence-electron chi connectivity index (χ0n) is 15.8. The van der Waals surface area contributed by atoms with E-state index in [1.54, 1.807) is 52.3 Å². The lowest BCUT2D eigenvalue weighted by molar-refractivity contribution is -0.128. The number of benzene rings is 2. The van der Waals surface area contributed by atoms with E-state index in [9.17, 15) is 14.0 Å². The number of halogens is 2. The summed E-state index contributed by atoms with van der Waals surface area (Å²) in [5.41, 5.74) is 0.928. The van der Waals surface area contributed by atoms with Crippen LogP contribution in [0.1, 0.15) is 35.1 Å². The van der Waals surface area contributed by atoms with E-state index in [1.807, 2.05) is 13.8 Å². The Morgan fingerprint density at radius 2 is 1.93 bits per heavy atom. The first kappa shape index (κ1) is 20.7. The minimum atomic E-state index is -0.377. The Morgan fingerprint density at radius 3 is 2.61 bits per heavy atom. The van der Waals surface area contributed by atoms with Crippen molar-refractivity contribution in [2.24, 2.45) is 0 Å². The Hall–Kier alpha value is -2.05. The lowest BCUT2D eigenvalue weighted by Gasteiger charge is -2.31. The molecule has 0 aliphatic carbocycles. The Balaban J connectivity index is 1.77. The fraction of sp³-hybridized carbons (Fsp3) is 0.333. The molecule has 0 N–H and O–H groups in total. The SMILES string of the molecule is CC(C)N(CCN1C(=O)CS[C@@H]1c1ccccc1F)C(=O)c1ccccc1Cl. The van der Waals surface area contributed by atoms with Crippen molar-refractivity contribution in [2.75, 3.05) is 18.8 Å². The number of amides is 2. The molecule has 28 heavy (non-hydrogen) atoms. The first-order valence-corrected chi connectivity index (χ1v) is 10.5. The number of rotatable bonds is 6. The fourth-order valence-electron chi connectivity index (χ4n) is 3.23. The van der Waals surface area contributed by atoms with Crippen molar-refractivity contribution in [3.63, 3.8) is 0 Å². The van der Waals surface area contributed by atoms with Crippen LogP contribution >= 0.6 is 23.4 Å². The van der Waals surface area contributed by atoms with Gasteiger partial charge < -0.3 is 9.80 Å². The second-order valence-corrected chi connectivity index (χ2v) is 8.32. The predicted octanol–water partition coefficient (Wildman–Crippen LogP) is 4.60. The van der Waals surface area contributed by atoms with Crippen molar-refractivity contribution in [1.82, 2.24) is 9.80 Å². The van der Waals surface area contributed by atoms with E-state index in [1.165, 1.54) is 17.8 Å². The molecular weight excluding hydrogens is 399 g/mol. The maximum Gasteiger partial charge on any atom is 0.255 e. The van der Waals surface area contributed by atoms with Gasteiger partial charge in [0, 0.05) is 24.7 Å². The van der Waals surface area contributed by atoms with Crippen LogP contribution in [0.2, 0.25) is 5.02 Å². The summed E-state index contributed by atoms with van der Waals surface area (Å²) in [5, 5.41) is 0.0216. The smallest absolute Gasteiger partial charge is 0.255 e. The summed E-state index contributed by atoms with van der Waals surface area (Å²) in [4.78, 5) is 28.7. The predicted molar refractivity (Wildman–Crippen MR) is 111 cm³/mol. The van der Waals surface area contributed by atoms with Crippen molar-refractivity contribution in [3.8, 4) is 0 Å². The number of hydrogen-bond donors (Lipinski definition) is 0. The quantitative estimate of drug-likeness (QED) is 0.685. The zero-order valence-corrected chi connectivity index (χ0v) is 17.3. The van der Waals surface area contributed by atoms with Gasteiger partial charge in [-0.2, -0.15) is 0 Å². The average Bonchev–Trinajstić information content (AvgIpc) is 3.03. The summed E-state index contributed by atoms with van der Waals surface area (Å²) >= 11 is 7.59. The summed E-state index contributed by atoms with van der Waals surface area (Å²) in [5.74, 6) is -0.249. The average molecular weight is 421 g/mol. The molecule has 0 bridgehead atoms. The van der Waals surface area contributed by atoms with Gasteiger partial charge in [0.05, 0.1) is 16.3 Å². The van der Waals surface area contributed by atoms with Gasteiger partial charge in [0.25, 0.3) is 5.91 Å². The molecule has 1 aliphatic heterocycles. The summed E-state index contributed by atoms with van der Waals surface area (Å²) in [7, 11) is 0. The van der Waals surface area contributed by atoms with Gasteiger partial charge in [-0.1, -0.05) is 41.9 Å². The number of thioether (sulfide) groups is 1. The Morgan fingerprint density at radius 1 is 1.25 bits per heavy atom. The van der Waals surface area contributed by atoms with Crippen molar-refractivity contribution in [3.05, 3.63) is 70.5 Å². The molecule has 7 heteroatoms. The third kappa shape index (κ3) is 4.33. The fourth-order valence-corrected chi connectivity index (χ4v) is 4.68. The van der Waals surface area contributed by atoms with Gasteiger partial charge >= 0.3 is 0 Å². The lowest BCUT2D eigenvalue weighted by atomic mass is 10.1. The van der Waals surface area contributed by atoms with E-state index < -0.39 is 0 Å². The number of carbonyl (C=O) groups excluding carboxylic acids is 2. The molecule has 2 aromatic rings. The summed E-state index contributed by atoms with van der Waals surface area (Å²) in [6, 6.07) is 13.4. The highest BCUT2D eigenvalue weighted by Crippen LogP contribution is 2.39. The molecule has 1 atom stereocenters. The summed E-state index contributed by atoms with van der Waals surface area (Å²) in [6.45, 7) is 4.52. The van der Waals surface area contributed by atoms with Crippen LogP contribution in [0.15, 0.2) is 48.5 Å². The molecule has 3 rings (SSSR count). The highest BCUT2D eigenvalue weighted by Gasteiger charge is 2.35. The van der Waals surface area contributed by atoms with Crippen molar-refractivity contribution < 1.29 is 14.0 Å². The molecule has 1 aliphatic rings. The van der Waals surface area contributed by atoms with E-state index in [4.69, 9.17) is 11.6 Å². The van der Waals surface area contributed by atoms with Gasteiger partial charge in [0.2, 0.25) is 5.91 Å². The van der Waals surface area contributed by atoms with Crippen LogP contribution < -0.4 is 0 Å². The largest absolute Gasteiger partial charge is 0.334 e. The summed E-state index contributed by atoms with van der Waals surface area (Å²) < 4.78 is 14.2. The van der Waals surface area contributed by atoms with E-state index >= 15 is 0 Å². The maximum atomic E-state index is 14.2. The van der Waals surface area contributed by atoms with Gasteiger partial charge in [-0.25, -0.2) is 4.39 Å². The standard InChI is InChI=1S/C21H22ClFN2O2S/c1-14(2)24(20(27)15-7-3-5-9-17(15)22)11-12-25-19(26)13-28-21(25)16-8-4-6-10-18(16)23/h3-10,14,21H,11-13H2,1-2H3/t21-/m1/s1. The molecule has 0 aromatic heterocycles. The Labute approximate surface area is 173 Å². The minimum Gasteiger partial charge on any atom is -0.334 e.